The van der Waals surface area contributed by atoms with Gasteiger partial charge in [0, 0.05) is 29.8 Å². The number of amides is 2. The molecule has 9 nitrogen and oxygen atoms in total. The Hall–Kier alpha value is -3.93. The summed E-state index contributed by atoms with van der Waals surface area (Å²) in [5.41, 5.74) is 2.30. The number of carbonyl (C=O) groups is 2. The summed E-state index contributed by atoms with van der Waals surface area (Å²) in [6, 6.07) is 21.9. The zero-order valence-corrected chi connectivity index (χ0v) is 20.9. The summed E-state index contributed by atoms with van der Waals surface area (Å²) in [7, 11) is -3.62. The first kappa shape index (κ1) is 25.2. The van der Waals surface area contributed by atoms with Gasteiger partial charge < -0.3 is 5.32 Å². The third-order valence-corrected chi connectivity index (χ3v) is 7.44. The minimum Gasteiger partial charge on any atom is -0.322 e. The normalized spacial score (nSPS) is 11.1. The van der Waals surface area contributed by atoms with Gasteiger partial charge in [0.2, 0.25) is 15.2 Å². The molecule has 184 valence electrons. The van der Waals surface area contributed by atoms with E-state index in [4.69, 9.17) is 0 Å². The molecular formula is C25H23N5O4S2. The van der Waals surface area contributed by atoms with Crippen molar-refractivity contribution in [2.75, 3.05) is 17.2 Å². The van der Waals surface area contributed by atoms with Gasteiger partial charge in [-0.2, -0.15) is 0 Å². The molecule has 0 radical (unpaired) electrons. The second-order valence-corrected chi connectivity index (χ2v) is 10.6. The number of anilines is 2. The van der Waals surface area contributed by atoms with Crippen molar-refractivity contribution in [1.29, 1.82) is 0 Å². The largest absolute Gasteiger partial charge is 0.322 e. The van der Waals surface area contributed by atoms with Gasteiger partial charge in [-0.3, -0.25) is 14.9 Å². The molecule has 0 bridgehead atoms. The Kier molecular flexibility index (Phi) is 7.84. The predicted octanol–water partition coefficient (Wildman–Crippen LogP) is 3.87. The number of nitrogens with zero attached hydrogens (tertiary/aromatic N) is 2. The smallest absolute Gasteiger partial charge is 0.257 e. The van der Waals surface area contributed by atoms with Gasteiger partial charge in [-0.15, -0.1) is 10.2 Å². The van der Waals surface area contributed by atoms with E-state index in [2.05, 4.69) is 25.6 Å². The number of hydrogen-bond acceptors (Lipinski definition) is 7. The lowest BCUT2D eigenvalue weighted by atomic mass is 10.1. The fraction of sp³-hybridized carbons (Fsp3) is 0.120. The van der Waals surface area contributed by atoms with Crippen molar-refractivity contribution >= 4 is 44.0 Å². The lowest BCUT2D eigenvalue weighted by Gasteiger charge is -2.07. The molecule has 4 rings (SSSR count). The van der Waals surface area contributed by atoms with Gasteiger partial charge in [0.15, 0.2) is 0 Å². The Morgan fingerprint density at radius 2 is 1.53 bits per heavy atom. The van der Waals surface area contributed by atoms with Crippen LogP contribution in [0.5, 0.6) is 0 Å². The number of hydrogen-bond donors (Lipinski definition) is 3. The van der Waals surface area contributed by atoms with Gasteiger partial charge in [-0.05, 0) is 49.4 Å². The van der Waals surface area contributed by atoms with Crippen molar-refractivity contribution in [2.45, 2.75) is 18.2 Å². The number of nitrogens with one attached hydrogen (secondary N) is 3. The van der Waals surface area contributed by atoms with Crippen molar-refractivity contribution in [3.05, 3.63) is 101 Å². The number of benzene rings is 3. The zero-order chi connectivity index (χ0) is 25.5. The highest BCUT2D eigenvalue weighted by Gasteiger charge is 2.15. The average Bonchev–Trinajstić information content (AvgIpc) is 3.32. The predicted molar refractivity (Wildman–Crippen MR) is 139 cm³/mol. The molecule has 0 unspecified atom stereocenters. The van der Waals surface area contributed by atoms with Gasteiger partial charge >= 0.3 is 0 Å². The van der Waals surface area contributed by atoms with E-state index in [0.29, 0.717) is 28.2 Å². The number of aryl methyl sites for hydroxylation is 1. The fourth-order valence-electron chi connectivity index (χ4n) is 3.20. The maximum Gasteiger partial charge on any atom is 0.257 e. The van der Waals surface area contributed by atoms with Gasteiger partial charge in [0.05, 0.1) is 4.90 Å². The molecule has 2 amide bonds. The van der Waals surface area contributed by atoms with Crippen LogP contribution in [0.15, 0.2) is 83.8 Å². The maximum atomic E-state index is 12.7. The summed E-state index contributed by atoms with van der Waals surface area (Å²) in [5, 5.41) is 14.3. The summed E-state index contributed by atoms with van der Waals surface area (Å²) >= 11 is 1.16. The lowest BCUT2D eigenvalue weighted by Crippen LogP contribution is -2.25. The average molecular weight is 522 g/mol. The first-order valence-electron chi connectivity index (χ1n) is 11.0. The number of aromatic nitrogens is 2. The molecule has 0 saturated carbocycles. The van der Waals surface area contributed by atoms with E-state index in [9.17, 15) is 18.0 Å². The zero-order valence-electron chi connectivity index (χ0n) is 19.3. The van der Waals surface area contributed by atoms with E-state index in [0.717, 1.165) is 16.9 Å². The van der Waals surface area contributed by atoms with Crippen molar-refractivity contribution < 1.29 is 18.0 Å². The van der Waals surface area contributed by atoms with Crippen LogP contribution in [0.25, 0.3) is 0 Å². The third-order valence-electron chi connectivity index (χ3n) is 5.07. The van der Waals surface area contributed by atoms with E-state index in [1.54, 1.807) is 72.8 Å². The molecule has 11 heteroatoms. The van der Waals surface area contributed by atoms with Gasteiger partial charge in [0.25, 0.3) is 11.8 Å². The van der Waals surface area contributed by atoms with Gasteiger partial charge in [0.1, 0.15) is 5.01 Å². The van der Waals surface area contributed by atoms with Crippen molar-refractivity contribution in [3.8, 4) is 0 Å². The first-order chi connectivity index (χ1) is 17.3. The quantitative estimate of drug-likeness (QED) is 0.307. The molecule has 1 aromatic heterocycles. The molecule has 36 heavy (non-hydrogen) atoms. The monoisotopic (exact) mass is 521 g/mol. The maximum absolute atomic E-state index is 12.7. The van der Waals surface area contributed by atoms with Gasteiger partial charge in [-0.1, -0.05) is 53.3 Å². The molecule has 0 saturated heterocycles. The number of rotatable bonds is 9. The van der Waals surface area contributed by atoms with Gasteiger partial charge in [-0.25, -0.2) is 13.1 Å². The van der Waals surface area contributed by atoms with Crippen LogP contribution in [0.2, 0.25) is 0 Å². The summed E-state index contributed by atoms with van der Waals surface area (Å²) < 4.78 is 27.3. The van der Waals surface area contributed by atoms with E-state index in [1.165, 1.54) is 0 Å². The van der Waals surface area contributed by atoms with Crippen LogP contribution in [-0.4, -0.2) is 37.0 Å². The van der Waals surface area contributed by atoms with E-state index < -0.39 is 15.9 Å². The Bertz CT molecular complexity index is 1470. The van der Waals surface area contributed by atoms with E-state index >= 15 is 0 Å². The van der Waals surface area contributed by atoms with Crippen LogP contribution in [0.4, 0.5) is 10.8 Å². The molecule has 0 fully saturated rings. The second-order valence-electron chi connectivity index (χ2n) is 7.82. The van der Waals surface area contributed by atoms with Crippen LogP contribution in [0.3, 0.4) is 0 Å². The highest BCUT2D eigenvalue weighted by Crippen LogP contribution is 2.19. The van der Waals surface area contributed by atoms with Crippen molar-refractivity contribution in [3.63, 3.8) is 0 Å². The van der Waals surface area contributed by atoms with Crippen LogP contribution < -0.4 is 15.4 Å². The molecule has 0 atom stereocenters. The molecular weight excluding hydrogens is 498 g/mol. The Morgan fingerprint density at radius 3 is 2.28 bits per heavy atom. The topological polar surface area (TPSA) is 130 Å². The van der Waals surface area contributed by atoms with E-state index in [-0.39, 0.29) is 22.5 Å². The Labute approximate surface area is 212 Å². The van der Waals surface area contributed by atoms with Crippen LogP contribution >= 0.6 is 11.3 Å². The standard InChI is InChI=1S/C25H23N5O4S2/c1-17-10-12-21(13-11-17)36(33,34)26-15-14-22-29-30-25(35-22)28-24(32)19-8-5-9-20(16-19)27-23(31)18-6-3-2-4-7-18/h2-13,16,26H,14-15H2,1H3,(H,27,31)(H,28,30,32). The molecule has 3 N–H and O–H groups in total. The highest BCUT2D eigenvalue weighted by atomic mass is 32.2. The summed E-state index contributed by atoms with van der Waals surface area (Å²) in [5.74, 6) is -0.687. The highest BCUT2D eigenvalue weighted by molar-refractivity contribution is 7.89. The molecule has 0 aliphatic heterocycles. The summed E-state index contributed by atoms with van der Waals surface area (Å²) in [6.07, 6.45) is 0.319. The SMILES string of the molecule is Cc1ccc(S(=O)(=O)NCCc2nnc(NC(=O)c3cccc(NC(=O)c4ccccc4)c3)s2)cc1. The second kappa shape index (κ2) is 11.2. The Balaban J connectivity index is 1.31. The third kappa shape index (κ3) is 6.60. The molecule has 1 heterocycles. The van der Waals surface area contributed by atoms with E-state index in [1.807, 2.05) is 13.0 Å². The molecule has 0 spiro atoms. The molecule has 0 aliphatic rings. The number of carbonyl (C=O) groups excluding carboxylic acids is 2. The lowest BCUT2D eigenvalue weighted by molar-refractivity contribution is 0.101. The molecule has 0 aliphatic carbocycles. The Morgan fingerprint density at radius 1 is 0.833 bits per heavy atom. The minimum absolute atomic E-state index is 0.141. The summed E-state index contributed by atoms with van der Waals surface area (Å²) in [6.45, 7) is 2.03. The molecule has 3 aromatic carbocycles. The van der Waals surface area contributed by atoms with Crippen molar-refractivity contribution in [1.82, 2.24) is 14.9 Å². The van der Waals surface area contributed by atoms with Crippen molar-refractivity contribution in [2.24, 2.45) is 0 Å². The van der Waals surface area contributed by atoms with Crippen LogP contribution in [0.1, 0.15) is 31.3 Å². The first-order valence-corrected chi connectivity index (χ1v) is 13.3. The summed E-state index contributed by atoms with van der Waals surface area (Å²) in [4.78, 5) is 25.2. The fourth-order valence-corrected chi connectivity index (χ4v) is 4.96. The number of sulfonamides is 1. The van der Waals surface area contributed by atoms with Crippen LogP contribution in [-0.2, 0) is 16.4 Å². The molecule has 4 aromatic rings. The minimum atomic E-state index is -3.62. The van der Waals surface area contributed by atoms with Crippen LogP contribution in [0, 0.1) is 6.92 Å².